The second-order valence-corrected chi connectivity index (χ2v) is 7.41. The highest BCUT2D eigenvalue weighted by molar-refractivity contribution is 5.88. The smallest absolute Gasteiger partial charge is 0.334 e. The zero-order valence-corrected chi connectivity index (χ0v) is 20.8. The number of hydrogen-bond acceptors (Lipinski definition) is 6. The van der Waals surface area contributed by atoms with Gasteiger partial charge in [-0.15, -0.1) is 0 Å². The van der Waals surface area contributed by atoms with Crippen molar-refractivity contribution in [1.29, 1.82) is 0 Å². The molecule has 0 atom stereocenters. The molecule has 0 fully saturated rings. The summed E-state index contributed by atoms with van der Waals surface area (Å²) in [6.07, 6.45) is 4.37. The number of aliphatic hydroxyl groups excluding tert-OH is 1. The highest BCUT2D eigenvalue weighted by Crippen LogP contribution is 2.09. The molecule has 0 aliphatic heterocycles. The largest absolute Gasteiger partial charge is 0.478 e. The summed E-state index contributed by atoms with van der Waals surface area (Å²) in [5.41, 5.74) is 3.05. The van der Waals surface area contributed by atoms with Crippen molar-refractivity contribution in [3.63, 3.8) is 0 Å². The number of aliphatic hydroxyl groups is 1. The molecule has 0 saturated heterocycles. The average Bonchev–Trinajstić information content (AvgIpc) is 2.87. The molecule has 0 aliphatic rings. The fraction of sp³-hybridized carbons (Fsp3) is 0.207. The van der Waals surface area contributed by atoms with Crippen LogP contribution in [-0.4, -0.2) is 41.3 Å². The summed E-state index contributed by atoms with van der Waals surface area (Å²) in [5.74, 6) is -1.74. The molecule has 0 aromatic heterocycles. The number of allylic oxidation sites excluding steroid dienone is 1. The molecule has 0 unspecified atom stereocenters. The number of esters is 2. The molecule has 0 bridgehead atoms. The summed E-state index contributed by atoms with van der Waals surface area (Å²) in [4.78, 5) is 31.9. The Hall–Kier alpha value is -4.23. The van der Waals surface area contributed by atoms with Gasteiger partial charge in [0.25, 0.3) is 0 Å². The third kappa shape index (κ3) is 16.4. The van der Waals surface area contributed by atoms with E-state index in [4.69, 9.17) is 14.9 Å². The van der Waals surface area contributed by atoms with Crippen molar-refractivity contribution >= 4 is 24.0 Å². The van der Waals surface area contributed by atoms with E-state index in [0.29, 0.717) is 17.6 Å². The summed E-state index contributed by atoms with van der Waals surface area (Å²) in [6, 6.07) is 19.5. The molecular formula is C29H34O7. The Kier molecular flexibility index (Phi) is 16.9. The first-order valence-electron chi connectivity index (χ1n) is 11.0. The van der Waals surface area contributed by atoms with E-state index in [0.717, 1.165) is 11.1 Å². The first-order valence-corrected chi connectivity index (χ1v) is 11.0. The minimum Gasteiger partial charge on any atom is -0.478 e. The molecule has 2 aromatic carbocycles. The predicted octanol–water partition coefficient (Wildman–Crippen LogP) is 5.13. The minimum atomic E-state index is -0.935. The lowest BCUT2D eigenvalue weighted by Crippen LogP contribution is -2.08. The van der Waals surface area contributed by atoms with E-state index in [1.54, 1.807) is 6.92 Å². The maximum absolute atomic E-state index is 11.8. The fourth-order valence-corrected chi connectivity index (χ4v) is 2.07. The first kappa shape index (κ1) is 31.8. The molecule has 7 nitrogen and oxygen atoms in total. The predicted molar refractivity (Wildman–Crippen MR) is 141 cm³/mol. The number of carbonyl (C=O) groups is 3. The number of benzene rings is 2. The van der Waals surface area contributed by atoms with Gasteiger partial charge in [-0.05, 0) is 31.4 Å². The molecule has 36 heavy (non-hydrogen) atoms. The van der Waals surface area contributed by atoms with Crippen LogP contribution < -0.4 is 0 Å². The Bertz CT molecular complexity index is 1010. The van der Waals surface area contributed by atoms with Crippen LogP contribution in [0.4, 0.5) is 0 Å². The second kappa shape index (κ2) is 19.1. The third-order valence-electron chi connectivity index (χ3n) is 4.01. The molecule has 0 spiro atoms. The van der Waals surface area contributed by atoms with Crippen LogP contribution >= 0.6 is 0 Å². The van der Waals surface area contributed by atoms with Crippen LogP contribution in [0.5, 0.6) is 0 Å². The first-order chi connectivity index (χ1) is 17.1. The molecule has 0 aliphatic carbocycles. The number of rotatable bonds is 10. The number of carboxylic acids is 1. The van der Waals surface area contributed by atoms with Crippen LogP contribution in [0.2, 0.25) is 0 Å². The monoisotopic (exact) mass is 494 g/mol. The molecule has 0 radical (unpaired) electrons. The van der Waals surface area contributed by atoms with Crippen molar-refractivity contribution < 1.29 is 34.1 Å². The lowest BCUT2D eigenvalue weighted by atomic mass is 10.1. The maximum Gasteiger partial charge on any atom is 0.334 e. The Morgan fingerprint density at radius 1 is 0.833 bits per heavy atom. The Morgan fingerprint density at radius 2 is 1.36 bits per heavy atom. The molecule has 0 saturated carbocycles. The van der Waals surface area contributed by atoms with E-state index in [1.165, 1.54) is 6.92 Å². The zero-order valence-electron chi connectivity index (χ0n) is 20.8. The van der Waals surface area contributed by atoms with Gasteiger partial charge < -0.3 is 19.7 Å². The normalized spacial score (nSPS) is 9.53. The molecule has 2 aromatic rings. The highest BCUT2D eigenvalue weighted by atomic mass is 16.5. The van der Waals surface area contributed by atoms with Crippen LogP contribution in [0.1, 0.15) is 31.4 Å². The van der Waals surface area contributed by atoms with E-state index in [1.807, 2.05) is 72.8 Å². The topological polar surface area (TPSA) is 110 Å². The van der Waals surface area contributed by atoms with Crippen LogP contribution in [0, 0.1) is 0 Å². The SMILES string of the molecule is C=C(C)C(=O)O.C=C(C)C(=O)OCCO.C=C(CC=Cc1ccccc1)C(=O)OCc1ccccc1. The van der Waals surface area contributed by atoms with E-state index in [2.05, 4.69) is 24.5 Å². The number of carbonyl (C=O) groups excluding carboxylic acids is 2. The van der Waals surface area contributed by atoms with E-state index >= 15 is 0 Å². The summed E-state index contributed by atoms with van der Waals surface area (Å²) in [6.45, 7) is 13.5. The van der Waals surface area contributed by atoms with Gasteiger partial charge in [-0.25, -0.2) is 14.4 Å². The number of ether oxygens (including phenoxy) is 2. The van der Waals surface area contributed by atoms with Crippen LogP contribution in [0.25, 0.3) is 6.08 Å². The van der Waals surface area contributed by atoms with Crippen molar-refractivity contribution in [2.75, 3.05) is 13.2 Å². The fourth-order valence-electron chi connectivity index (χ4n) is 2.07. The molecule has 2 N–H and O–H groups in total. The minimum absolute atomic E-state index is 0.0473. The number of aliphatic carboxylic acids is 1. The van der Waals surface area contributed by atoms with Crippen molar-refractivity contribution in [3.05, 3.63) is 114 Å². The van der Waals surface area contributed by atoms with Crippen molar-refractivity contribution in [1.82, 2.24) is 0 Å². The Labute approximate surface area is 212 Å². The summed E-state index contributed by atoms with van der Waals surface area (Å²) < 4.78 is 9.68. The van der Waals surface area contributed by atoms with Crippen molar-refractivity contribution in [2.24, 2.45) is 0 Å². The molecule has 2 rings (SSSR count). The lowest BCUT2D eigenvalue weighted by molar-refractivity contribution is -0.141. The second-order valence-electron chi connectivity index (χ2n) is 7.41. The molecule has 192 valence electrons. The molecular weight excluding hydrogens is 460 g/mol. The van der Waals surface area contributed by atoms with Crippen LogP contribution in [0.3, 0.4) is 0 Å². The molecule has 7 heteroatoms. The Morgan fingerprint density at radius 3 is 1.83 bits per heavy atom. The van der Waals surface area contributed by atoms with Gasteiger partial charge in [0.2, 0.25) is 0 Å². The summed E-state index contributed by atoms with van der Waals surface area (Å²) in [5, 5.41) is 16.1. The number of carboxylic acid groups (broad SMARTS) is 1. The van der Waals surface area contributed by atoms with Crippen molar-refractivity contribution in [2.45, 2.75) is 26.9 Å². The van der Waals surface area contributed by atoms with Gasteiger partial charge in [0.05, 0.1) is 6.61 Å². The van der Waals surface area contributed by atoms with Crippen molar-refractivity contribution in [3.8, 4) is 0 Å². The van der Waals surface area contributed by atoms with Gasteiger partial charge in [-0.3, -0.25) is 0 Å². The van der Waals surface area contributed by atoms with Gasteiger partial charge in [0.1, 0.15) is 13.2 Å². The standard InChI is InChI=1S/C19H18O2.C6H10O3.C4H6O2/c1-16(9-8-14-17-10-4-2-5-11-17)19(20)21-15-18-12-6-3-7-13-18;1-5(2)6(8)9-4-3-7;1-3(2)4(5)6/h2-8,10-14H,1,9,15H2;7H,1,3-4H2,2H3;1H2,2H3,(H,5,6). The van der Waals surface area contributed by atoms with E-state index in [9.17, 15) is 14.4 Å². The van der Waals surface area contributed by atoms with Gasteiger partial charge in [0, 0.05) is 16.7 Å². The van der Waals surface area contributed by atoms with Gasteiger partial charge >= 0.3 is 17.9 Å². The maximum atomic E-state index is 11.8. The lowest BCUT2D eigenvalue weighted by Gasteiger charge is -2.05. The van der Waals surface area contributed by atoms with E-state index < -0.39 is 11.9 Å². The van der Waals surface area contributed by atoms with Crippen LogP contribution in [0.15, 0.2) is 103 Å². The third-order valence-corrected chi connectivity index (χ3v) is 4.01. The Balaban J connectivity index is 0.000000675. The van der Waals surface area contributed by atoms with Crippen LogP contribution in [-0.2, 0) is 30.5 Å². The van der Waals surface area contributed by atoms with E-state index in [-0.39, 0.29) is 31.4 Å². The summed E-state index contributed by atoms with van der Waals surface area (Å²) >= 11 is 0. The average molecular weight is 495 g/mol. The molecule has 0 heterocycles. The van der Waals surface area contributed by atoms with Gasteiger partial charge in [-0.2, -0.15) is 0 Å². The highest BCUT2D eigenvalue weighted by Gasteiger charge is 2.07. The van der Waals surface area contributed by atoms with Gasteiger partial charge in [0.15, 0.2) is 0 Å². The van der Waals surface area contributed by atoms with Gasteiger partial charge in [-0.1, -0.05) is 92.6 Å². The quantitative estimate of drug-likeness (QED) is 0.348. The zero-order chi connectivity index (χ0) is 27.3. The molecule has 0 amide bonds. The summed E-state index contributed by atoms with van der Waals surface area (Å²) in [7, 11) is 0. The number of hydrogen-bond donors (Lipinski definition) is 2.